The lowest BCUT2D eigenvalue weighted by Gasteiger charge is -2.23. The lowest BCUT2D eigenvalue weighted by molar-refractivity contribution is -0.143. The summed E-state index contributed by atoms with van der Waals surface area (Å²) in [6, 6.07) is 3.26. The Bertz CT molecular complexity index is 881. The summed E-state index contributed by atoms with van der Waals surface area (Å²) in [7, 11) is 0. The average Bonchev–Trinajstić information content (AvgIpc) is 2.82. The van der Waals surface area contributed by atoms with Gasteiger partial charge in [0.25, 0.3) is 0 Å². The number of hydrogen-bond acceptors (Lipinski definition) is 9. The lowest BCUT2D eigenvalue weighted by atomic mass is 10.0. The highest BCUT2D eigenvalue weighted by molar-refractivity contribution is 5.94. The van der Waals surface area contributed by atoms with Crippen molar-refractivity contribution in [3.05, 3.63) is 35.9 Å². The Morgan fingerprint density at radius 3 is 2.00 bits per heavy atom. The van der Waals surface area contributed by atoms with Crippen LogP contribution < -0.4 is 27.0 Å². The van der Waals surface area contributed by atoms with Gasteiger partial charge in [-0.1, -0.05) is 30.3 Å². The van der Waals surface area contributed by atoms with Gasteiger partial charge >= 0.3 is 5.97 Å². The predicted octanol–water partition coefficient (Wildman–Crippen LogP) is -4.42. The van der Waals surface area contributed by atoms with E-state index in [4.69, 9.17) is 15.9 Å². The van der Waals surface area contributed by atoms with Crippen molar-refractivity contribution in [2.24, 2.45) is 5.73 Å². The Morgan fingerprint density at radius 2 is 1.49 bits per heavy atom. The first-order valence-corrected chi connectivity index (χ1v) is 10.6. The molecule has 0 radical (unpaired) electrons. The van der Waals surface area contributed by atoms with Crippen molar-refractivity contribution in [2.75, 3.05) is 19.8 Å². The molecular weight excluding hydrogens is 466 g/mol. The Balaban J connectivity index is 2.63. The van der Waals surface area contributed by atoms with Crippen molar-refractivity contribution in [2.45, 2.75) is 43.6 Å². The van der Waals surface area contributed by atoms with Crippen molar-refractivity contribution in [3.8, 4) is 0 Å². The summed E-state index contributed by atoms with van der Waals surface area (Å²) in [5, 5.41) is 45.5. The molecule has 5 atom stereocenters. The molecule has 4 amide bonds. The third kappa shape index (κ3) is 10.1. The van der Waals surface area contributed by atoms with E-state index in [0.717, 1.165) is 5.56 Å². The fourth-order valence-electron chi connectivity index (χ4n) is 2.80. The maximum Gasteiger partial charge on any atom is 0.328 e. The maximum atomic E-state index is 12.4. The van der Waals surface area contributed by atoms with Crippen LogP contribution in [0.25, 0.3) is 0 Å². The van der Waals surface area contributed by atoms with Crippen molar-refractivity contribution < 1.29 is 44.4 Å². The van der Waals surface area contributed by atoms with Gasteiger partial charge in [0.2, 0.25) is 23.6 Å². The summed E-state index contributed by atoms with van der Waals surface area (Å²) in [6.07, 6.45) is -1.15. The molecular formula is C21H31N5O9. The van der Waals surface area contributed by atoms with Crippen LogP contribution in [-0.2, 0) is 30.4 Å². The highest BCUT2D eigenvalue weighted by Gasteiger charge is 2.29. The van der Waals surface area contributed by atoms with E-state index in [1.54, 1.807) is 30.3 Å². The quantitative estimate of drug-likeness (QED) is 0.119. The Labute approximate surface area is 200 Å². The number of amides is 4. The van der Waals surface area contributed by atoms with E-state index < -0.39 is 79.6 Å². The van der Waals surface area contributed by atoms with Gasteiger partial charge < -0.3 is 47.4 Å². The average molecular weight is 498 g/mol. The van der Waals surface area contributed by atoms with Crippen LogP contribution in [0.2, 0.25) is 0 Å². The molecule has 1 aromatic rings. The normalized spacial score (nSPS) is 15.0. The molecule has 1 aromatic carbocycles. The van der Waals surface area contributed by atoms with E-state index in [-0.39, 0.29) is 6.42 Å². The number of benzene rings is 1. The zero-order chi connectivity index (χ0) is 26.5. The molecule has 0 bridgehead atoms. The second kappa shape index (κ2) is 14.6. The molecule has 0 aliphatic carbocycles. The molecule has 10 N–H and O–H groups in total. The number of carbonyl (C=O) groups is 5. The Hall–Kier alpha value is -3.59. The second-order valence-corrected chi connectivity index (χ2v) is 7.63. The topological polar surface area (TPSA) is 240 Å². The molecule has 0 saturated carbocycles. The van der Waals surface area contributed by atoms with E-state index in [1.807, 2.05) is 5.32 Å². The number of aliphatic hydroxyl groups excluding tert-OH is 3. The molecule has 0 heterocycles. The van der Waals surface area contributed by atoms with Gasteiger partial charge in [-0.15, -0.1) is 0 Å². The van der Waals surface area contributed by atoms with Gasteiger partial charge in [-0.3, -0.25) is 19.2 Å². The number of aliphatic hydroxyl groups is 3. The van der Waals surface area contributed by atoms with E-state index in [1.165, 1.54) is 6.92 Å². The monoisotopic (exact) mass is 497 g/mol. The highest BCUT2D eigenvalue weighted by atomic mass is 16.4. The lowest BCUT2D eigenvalue weighted by Crippen LogP contribution is -2.58. The number of carboxylic acids is 1. The van der Waals surface area contributed by atoms with E-state index >= 15 is 0 Å². The molecule has 14 heteroatoms. The van der Waals surface area contributed by atoms with Gasteiger partial charge in [-0.2, -0.15) is 0 Å². The molecule has 0 aliphatic heterocycles. The number of carbonyl (C=O) groups excluding carboxylic acids is 4. The molecule has 35 heavy (non-hydrogen) atoms. The molecule has 0 aromatic heterocycles. The largest absolute Gasteiger partial charge is 0.480 e. The van der Waals surface area contributed by atoms with E-state index in [2.05, 4.69) is 16.0 Å². The third-order valence-electron chi connectivity index (χ3n) is 4.75. The molecule has 1 unspecified atom stereocenters. The Morgan fingerprint density at radius 1 is 0.886 bits per heavy atom. The summed E-state index contributed by atoms with van der Waals surface area (Å²) >= 11 is 0. The smallest absolute Gasteiger partial charge is 0.328 e. The number of hydrogen-bond donors (Lipinski definition) is 9. The number of nitrogens with two attached hydrogens (primary N) is 1. The Kier molecular flexibility index (Phi) is 12.3. The minimum Gasteiger partial charge on any atom is -0.480 e. The van der Waals surface area contributed by atoms with Crippen LogP contribution in [0, 0.1) is 0 Å². The van der Waals surface area contributed by atoms with Crippen LogP contribution in [0.15, 0.2) is 30.3 Å². The van der Waals surface area contributed by atoms with Crippen molar-refractivity contribution >= 4 is 29.6 Å². The van der Waals surface area contributed by atoms with Gasteiger partial charge in [0.05, 0.1) is 31.9 Å². The predicted molar refractivity (Wildman–Crippen MR) is 120 cm³/mol. The van der Waals surface area contributed by atoms with Crippen LogP contribution >= 0.6 is 0 Å². The standard InChI is InChI=1S/C21H31N5O9/c1-11(29)17(26-18(31)13(22)7-12-5-3-2-4-6-12)20(33)23-8-16(30)24-14(9-27)19(32)25-15(10-28)21(34)35/h2-6,11,13-15,17,27-29H,7-10,22H2,1H3,(H,23,33)(H,24,30)(H,25,32)(H,26,31)(H,34,35)/t11-,13?,14-,15-,17-/m0/s1. The van der Waals surface area contributed by atoms with E-state index in [0.29, 0.717) is 0 Å². The summed E-state index contributed by atoms with van der Waals surface area (Å²) in [5.41, 5.74) is 6.67. The number of rotatable bonds is 14. The van der Waals surface area contributed by atoms with Gasteiger partial charge in [0.1, 0.15) is 18.1 Å². The second-order valence-electron chi connectivity index (χ2n) is 7.63. The first kappa shape index (κ1) is 29.4. The molecule has 1 rings (SSSR count). The van der Waals surface area contributed by atoms with Gasteiger partial charge in [0.15, 0.2) is 0 Å². The van der Waals surface area contributed by atoms with Gasteiger partial charge in [0, 0.05) is 0 Å². The summed E-state index contributed by atoms with van der Waals surface area (Å²) in [5.74, 6) is -5.14. The van der Waals surface area contributed by atoms with Crippen molar-refractivity contribution in [3.63, 3.8) is 0 Å². The van der Waals surface area contributed by atoms with Crippen LogP contribution in [0.3, 0.4) is 0 Å². The molecule has 0 saturated heterocycles. The molecule has 194 valence electrons. The molecule has 0 fully saturated rings. The SMILES string of the molecule is C[C@H](O)[C@H](NC(=O)C(N)Cc1ccccc1)C(=O)NCC(=O)N[C@@H](CO)C(=O)N[C@@H](CO)C(=O)O. The number of aliphatic carboxylic acids is 1. The van der Waals surface area contributed by atoms with Crippen LogP contribution in [0.4, 0.5) is 0 Å². The van der Waals surface area contributed by atoms with Crippen LogP contribution in [0.5, 0.6) is 0 Å². The molecule has 0 aliphatic rings. The summed E-state index contributed by atoms with van der Waals surface area (Å²) in [4.78, 5) is 59.8. The summed E-state index contributed by atoms with van der Waals surface area (Å²) < 4.78 is 0. The van der Waals surface area contributed by atoms with Crippen LogP contribution in [0.1, 0.15) is 12.5 Å². The molecule has 0 spiro atoms. The first-order chi connectivity index (χ1) is 16.5. The highest BCUT2D eigenvalue weighted by Crippen LogP contribution is 2.03. The van der Waals surface area contributed by atoms with Gasteiger partial charge in [-0.05, 0) is 18.9 Å². The fraction of sp³-hybridized carbons (Fsp3) is 0.476. The number of carboxylic acid groups (broad SMARTS) is 1. The zero-order valence-corrected chi connectivity index (χ0v) is 19.0. The maximum absolute atomic E-state index is 12.4. The summed E-state index contributed by atoms with van der Waals surface area (Å²) in [6.45, 7) is -1.25. The van der Waals surface area contributed by atoms with Gasteiger partial charge in [-0.25, -0.2) is 4.79 Å². The van der Waals surface area contributed by atoms with Crippen molar-refractivity contribution in [1.29, 1.82) is 0 Å². The minimum atomic E-state index is -1.64. The van der Waals surface area contributed by atoms with E-state index in [9.17, 15) is 34.2 Å². The first-order valence-electron chi connectivity index (χ1n) is 10.6. The fourth-order valence-corrected chi connectivity index (χ4v) is 2.80. The zero-order valence-electron chi connectivity index (χ0n) is 19.0. The third-order valence-corrected chi connectivity index (χ3v) is 4.75. The molecule has 14 nitrogen and oxygen atoms in total. The number of nitrogens with one attached hydrogen (secondary N) is 4. The van der Waals surface area contributed by atoms with Crippen LogP contribution in [-0.4, -0.2) is 100 Å². The minimum absolute atomic E-state index is 0.187. The van der Waals surface area contributed by atoms with Crippen molar-refractivity contribution in [1.82, 2.24) is 21.3 Å².